The fraction of sp³-hybridized carbons (Fsp3) is 0.100. The lowest BCUT2D eigenvalue weighted by Gasteiger charge is -2.20. The molecule has 0 saturated carbocycles. The highest BCUT2D eigenvalue weighted by Gasteiger charge is 2.21. The largest absolute Gasteiger partial charge is 0.507 e. The van der Waals surface area contributed by atoms with Gasteiger partial charge in [-0.1, -0.05) is 60.7 Å². The number of aliphatic hydroxyl groups is 1. The summed E-state index contributed by atoms with van der Waals surface area (Å²) in [5, 5.41) is 25.2. The Morgan fingerprint density at radius 2 is 1.64 bits per heavy atom. The minimum atomic E-state index is -0.605. The molecule has 2 nitrogen and oxygen atoms in total. The van der Waals surface area contributed by atoms with E-state index < -0.39 is 6.10 Å². The zero-order chi connectivity index (χ0) is 15.1. The monoisotopic (exact) mass is 288 g/mol. The third-order valence-corrected chi connectivity index (χ3v) is 4.32. The van der Waals surface area contributed by atoms with Crippen LogP contribution in [0.5, 0.6) is 5.75 Å². The van der Waals surface area contributed by atoms with Crippen molar-refractivity contribution in [2.75, 3.05) is 0 Å². The summed E-state index contributed by atoms with van der Waals surface area (Å²) in [5.74, 6) is 0.212. The van der Waals surface area contributed by atoms with E-state index in [1.54, 1.807) is 6.07 Å². The maximum Gasteiger partial charge on any atom is 0.123 e. The van der Waals surface area contributed by atoms with Gasteiger partial charge in [-0.05, 0) is 33.7 Å². The van der Waals surface area contributed by atoms with Crippen LogP contribution in [0, 0.1) is 0 Å². The summed E-state index contributed by atoms with van der Waals surface area (Å²) in [6, 6.07) is 19.6. The number of aliphatic hydroxyl groups excluding tert-OH is 1. The number of phenolic OH excluding ortho intramolecular Hbond substituents is 1. The number of rotatable bonds is 1. The van der Waals surface area contributed by atoms with Crippen molar-refractivity contribution >= 4 is 22.4 Å². The van der Waals surface area contributed by atoms with Crippen molar-refractivity contribution in [3.63, 3.8) is 0 Å². The molecule has 108 valence electrons. The summed E-state index contributed by atoms with van der Waals surface area (Å²) in [6.45, 7) is 0. The Bertz CT molecular complexity index is 986. The SMILES string of the molecule is Oc1ccc2ccccc2c1C1=c2ccccc2=CC[C@@H]1O. The summed E-state index contributed by atoms with van der Waals surface area (Å²) in [6.07, 6.45) is 2.01. The molecule has 2 heteroatoms. The van der Waals surface area contributed by atoms with Crippen molar-refractivity contribution in [1.82, 2.24) is 0 Å². The zero-order valence-corrected chi connectivity index (χ0v) is 12.0. The van der Waals surface area contributed by atoms with E-state index in [1.807, 2.05) is 60.7 Å². The third-order valence-electron chi connectivity index (χ3n) is 4.32. The van der Waals surface area contributed by atoms with E-state index >= 15 is 0 Å². The molecule has 0 amide bonds. The maximum atomic E-state index is 10.6. The predicted molar refractivity (Wildman–Crippen MR) is 88.9 cm³/mol. The van der Waals surface area contributed by atoms with Gasteiger partial charge in [0.1, 0.15) is 5.75 Å². The Balaban J connectivity index is 2.20. The third kappa shape index (κ3) is 1.92. The summed E-state index contributed by atoms with van der Waals surface area (Å²) in [5.41, 5.74) is 1.55. The van der Waals surface area contributed by atoms with Crippen LogP contribution in [0.4, 0.5) is 0 Å². The molecule has 0 saturated heterocycles. The number of benzene rings is 3. The molecule has 0 aromatic heterocycles. The predicted octanol–water partition coefficient (Wildman–Crippen LogP) is 2.29. The Labute approximate surface area is 128 Å². The molecule has 0 fully saturated rings. The Kier molecular flexibility index (Phi) is 2.98. The molecule has 1 aliphatic rings. The van der Waals surface area contributed by atoms with Gasteiger partial charge in [0.05, 0.1) is 6.10 Å². The molecule has 0 aliphatic heterocycles. The summed E-state index contributed by atoms with van der Waals surface area (Å²) >= 11 is 0. The van der Waals surface area contributed by atoms with Crippen LogP contribution >= 0.6 is 0 Å². The lowest BCUT2D eigenvalue weighted by molar-refractivity contribution is 0.238. The number of fused-ring (bicyclic) bond motifs is 2. The van der Waals surface area contributed by atoms with Gasteiger partial charge in [0, 0.05) is 11.1 Å². The summed E-state index contributed by atoms with van der Waals surface area (Å²) in [4.78, 5) is 0. The first-order valence-corrected chi connectivity index (χ1v) is 7.44. The summed E-state index contributed by atoms with van der Waals surface area (Å²) < 4.78 is 0. The molecule has 4 rings (SSSR count). The van der Waals surface area contributed by atoms with Crippen LogP contribution in [-0.4, -0.2) is 16.3 Å². The normalized spacial score (nSPS) is 17.1. The highest BCUT2D eigenvalue weighted by molar-refractivity contribution is 5.97. The number of aromatic hydroxyl groups is 1. The van der Waals surface area contributed by atoms with E-state index in [0.717, 1.165) is 32.3 Å². The van der Waals surface area contributed by atoms with Crippen molar-refractivity contribution in [3.8, 4) is 5.75 Å². The molecular weight excluding hydrogens is 272 g/mol. The fourth-order valence-corrected chi connectivity index (χ4v) is 3.30. The van der Waals surface area contributed by atoms with Gasteiger partial charge in [0.25, 0.3) is 0 Å². The number of hydrogen-bond acceptors (Lipinski definition) is 2. The molecule has 3 aromatic carbocycles. The van der Waals surface area contributed by atoms with Gasteiger partial charge in [-0.3, -0.25) is 0 Å². The van der Waals surface area contributed by atoms with Crippen molar-refractivity contribution < 1.29 is 10.2 Å². The molecule has 22 heavy (non-hydrogen) atoms. The minimum Gasteiger partial charge on any atom is -0.507 e. The van der Waals surface area contributed by atoms with Crippen LogP contribution in [0.25, 0.3) is 22.4 Å². The van der Waals surface area contributed by atoms with Gasteiger partial charge in [-0.2, -0.15) is 0 Å². The van der Waals surface area contributed by atoms with E-state index in [9.17, 15) is 10.2 Å². The van der Waals surface area contributed by atoms with Gasteiger partial charge in [0.2, 0.25) is 0 Å². The van der Waals surface area contributed by atoms with Gasteiger partial charge in [-0.15, -0.1) is 0 Å². The van der Waals surface area contributed by atoms with E-state index in [-0.39, 0.29) is 5.75 Å². The molecule has 0 spiro atoms. The average Bonchev–Trinajstić information content (AvgIpc) is 2.56. The first kappa shape index (κ1) is 13.1. The number of hydrogen-bond donors (Lipinski definition) is 2. The smallest absolute Gasteiger partial charge is 0.123 e. The van der Waals surface area contributed by atoms with Gasteiger partial charge < -0.3 is 10.2 Å². The molecule has 0 radical (unpaired) electrons. The van der Waals surface area contributed by atoms with Crippen molar-refractivity contribution in [2.45, 2.75) is 12.5 Å². The van der Waals surface area contributed by atoms with E-state index in [2.05, 4.69) is 0 Å². The molecular formula is C20H16O2. The summed E-state index contributed by atoms with van der Waals surface area (Å²) in [7, 11) is 0. The standard InChI is InChI=1S/C20H16O2/c21-17-11-9-13-5-1-3-7-15(13)19(17)20-16-8-4-2-6-14(16)10-12-18(20)22/h1-11,18,21-22H,12H2/t18-/m0/s1. The quantitative estimate of drug-likeness (QED) is 0.721. The average molecular weight is 288 g/mol. The molecule has 0 heterocycles. The molecule has 3 aromatic rings. The zero-order valence-electron chi connectivity index (χ0n) is 12.0. The molecule has 0 unspecified atom stereocenters. The second kappa shape index (κ2) is 5.00. The first-order chi connectivity index (χ1) is 10.8. The van der Waals surface area contributed by atoms with Gasteiger partial charge >= 0.3 is 0 Å². The Morgan fingerprint density at radius 3 is 2.55 bits per heavy atom. The minimum absolute atomic E-state index is 0.212. The van der Waals surface area contributed by atoms with Crippen LogP contribution in [-0.2, 0) is 0 Å². The van der Waals surface area contributed by atoms with Gasteiger partial charge in [0.15, 0.2) is 0 Å². The molecule has 2 N–H and O–H groups in total. The van der Waals surface area contributed by atoms with Crippen molar-refractivity contribution in [2.24, 2.45) is 0 Å². The first-order valence-electron chi connectivity index (χ1n) is 7.44. The lowest BCUT2D eigenvalue weighted by atomic mass is 9.88. The van der Waals surface area contributed by atoms with E-state index in [4.69, 9.17) is 0 Å². The van der Waals surface area contributed by atoms with Crippen LogP contribution in [0.2, 0.25) is 0 Å². The topological polar surface area (TPSA) is 40.5 Å². The van der Waals surface area contributed by atoms with Crippen molar-refractivity contribution in [1.29, 1.82) is 0 Å². The van der Waals surface area contributed by atoms with E-state index in [1.165, 1.54) is 0 Å². The highest BCUT2D eigenvalue weighted by atomic mass is 16.3. The highest BCUT2D eigenvalue weighted by Crippen LogP contribution is 2.34. The second-order valence-corrected chi connectivity index (χ2v) is 5.64. The number of phenols is 1. The maximum absolute atomic E-state index is 10.6. The van der Waals surface area contributed by atoms with E-state index in [0.29, 0.717) is 6.42 Å². The van der Waals surface area contributed by atoms with Gasteiger partial charge in [-0.25, -0.2) is 0 Å². The Morgan fingerprint density at radius 1 is 0.864 bits per heavy atom. The molecule has 1 aliphatic carbocycles. The van der Waals surface area contributed by atoms with Crippen LogP contribution in [0.3, 0.4) is 0 Å². The van der Waals surface area contributed by atoms with Crippen molar-refractivity contribution in [3.05, 3.63) is 76.7 Å². The molecule has 1 atom stereocenters. The van der Waals surface area contributed by atoms with Crippen LogP contribution < -0.4 is 10.4 Å². The molecule has 0 bridgehead atoms. The van der Waals surface area contributed by atoms with Crippen LogP contribution in [0.1, 0.15) is 12.0 Å². The second-order valence-electron chi connectivity index (χ2n) is 5.64. The lowest BCUT2D eigenvalue weighted by Crippen LogP contribution is -2.35. The fourth-order valence-electron chi connectivity index (χ4n) is 3.30. The van der Waals surface area contributed by atoms with Crippen LogP contribution in [0.15, 0.2) is 60.7 Å². The Hall–Kier alpha value is -2.58.